The molecule has 9 heteroatoms. The maximum Gasteiger partial charge on any atom is 0.278 e. The summed E-state index contributed by atoms with van der Waals surface area (Å²) in [6, 6.07) is 7.03. The van der Waals surface area contributed by atoms with Crippen LogP contribution in [-0.4, -0.2) is 54.6 Å². The van der Waals surface area contributed by atoms with E-state index in [-0.39, 0.29) is 13.1 Å². The van der Waals surface area contributed by atoms with Gasteiger partial charge in [0.05, 0.1) is 11.9 Å². The number of nitrogens with one attached hydrogen (secondary N) is 1. The van der Waals surface area contributed by atoms with E-state index in [2.05, 4.69) is 4.72 Å². The zero-order valence-electron chi connectivity index (χ0n) is 12.6. The van der Waals surface area contributed by atoms with E-state index in [9.17, 15) is 16.8 Å². The Labute approximate surface area is 126 Å². The Morgan fingerprint density at radius 1 is 1.14 bits per heavy atom. The number of sulfonamides is 1. The number of anilines is 1. The van der Waals surface area contributed by atoms with E-state index in [0.717, 1.165) is 16.1 Å². The minimum atomic E-state index is -3.57. The fourth-order valence-corrected chi connectivity index (χ4v) is 3.20. The third kappa shape index (κ3) is 5.27. The quantitative estimate of drug-likeness (QED) is 0.769. The van der Waals surface area contributed by atoms with Gasteiger partial charge in [-0.3, -0.25) is 4.31 Å². The lowest BCUT2D eigenvalue weighted by atomic mass is 10.2. The van der Waals surface area contributed by atoms with Gasteiger partial charge < -0.3 is 0 Å². The highest BCUT2D eigenvalue weighted by atomic mass is 32.2. The van der Waals surface area contributed by atoms with E-state index < -0.39 is 20.2 Å². The first-order chi connectivity index (χ1) is 9.54. The number of hydrogen-bond acceptors (Lipinski definition) is 4. The Bertz CT molecular complexity index is 684. The molecular formula is C12H21N3O4S2. The molecule has 0 atom stereocenters. The molecule has 0 spiro atoms. The molecule has 0 fully saturated rings. The van der Waals surface area contributed by atoms with Gasteiger partial charge in [0.2, 0.25) is 10.0 Å². The summed E-state index contributed by atoms with van der Waals surface area (Å²) in [5, 5.41) is 0. The molecule has 1 aromatic carbocycles. The van der Waals surface area contributed by atoms with Crippen molar-refractivity contribution in [2.24, 2.45) is 0 Å². The van der Waals surface area contributed by atoms with Crippen molar-refractivity contribution in [2.45, 2.75) is 6.92 Å². The first kappa shape index (κ1) is 17.9. The summed E-state index contributed by atoms with van der Waals surface area (Å²) in [7, 11) is -4.26. The third-order valence-electron chi connectivity index (χ3n) is 2.77. The molecular weight excluding hydrogens is 314 g/mol. The number of nitrogens with zero attached hydrogens (tertiary/aromatic N) is 2. The maximum atomic E-state index is 11.9. The molecule has 0 aromatic heterocycles. The molecule has 0 saturated carbocycles. The highest BCUT2D eigenvalue weighted by Crippen LogP contribution is 2.18. The average molecular weight is 335 g/mol. The third-order valence-corrected chi connectivity index (χ3v) is 5.49. The molecule has 0 amide bonds. The molecule has 0 heterocycles. The molecule has 21 heavy (non-hydrogen) atoms. The lowest BCUT2D eigenvalue weighted by Gasteiger charge is -2.23. The standard InChI is InChI=1S/C12H21N3O4S2/c1-11-6-5-7-12(10-11)15(20(4,16)17)9-8-13-21(18,19)14(2)3/h5-7,10,13H,8-9H2,1-4H3. The van der Waals surface area contributed by atoms with Gasteiger partial charge in [0.25, 0.3) is 10.2 Å². The number of benzene rings is 1. The lowest BCUT2D eigenvalue weighted by molar-refractivity contribution is 0.506. The highest BCUT2D eigenvalue weighted by Gasteiger charge is 2.19. The van der Waals surface area contributed by atoms with E-state index in [1.165, 1.54) is 18.4 Å². The largest absolute Gasteiger partial charge is 0.278 e. The van der Waals surface area contributed by atoms with Crippen LogP contribution in [0.2, 0.25) is 0 Å². The highest BCUT2D eigenvalue weighted by molar-refractivity contribution is 7.92. The molecule has 0 bridgehead atoms. The summed E-state index contributed by atoms with van der Waals surface area (Å²) < 4.78 is 51.5. The summed E-state index contributed by atoms with van der Waals surface area (Å²) in [4.78, 5) is 0. The van der Waals surface area contributed by atoms with Crippen LogP contribution in [0.25, 0.3) is 0 Å². The minimum absolute atomic E-state index is 0.0124. The second kappa shape index (κ2) is 6.73. The number of aryl methyl sites for hydroxylation is 1. The molecule has 0 unspecified atom stereocenters. The fourth-order valence-electron chi connectivity index (χ4n) is 1.67. The van der Waals surface area contributed by atoms with Gasteiger partial charge in [-0.05, 0) is 24.6 Å². The summed E-state index contributed by atoms with van der Waals surface area (Å²) in [6.07, 6.45) is 1.09. The summed E-state index contributed by atoms with van der Waals surface area (Å²) in [6.45, 7) is 1.87. The van der Waals surface area contributed by atoms with Crippen LogP contribution in [0, 0.1) is 6.92 Å². The maximum absolute atomic E-state index is 11.9. The van der Waals surface area contributed by atoms with E-state index in [0.29, 0.717) is 5.69 Å². The molecule has 1 N–H and O–H groups in total. The first-order valence-corrected chi connectivity index (χ1v) is 9.54. The Kier molecular flexibility index (Phi) is 5.74. The predicted molar refractivity (Wildman–Crippen MR) is 84.0 cm³/mol. The molecule has 1 rings (SSSR count). The van der Waals surface area contributed by atoms with Gasteiger partial charge in [-0.15, -0.1) is 0 Å². The van der Waals surface area contributed by atoms with E-state index in [4.69, 9.17) is 0 Å². The normalized spacial score (nSPS) is 12.6. The second-order valence-electron chi connectivity index (χ2n) is 4.86. The topological polar surface area (TPSA) is 86.8 Å². The Balaban J connectivity index is 2.88. The van der Waals surface area contributed by atoms with E-state index in [1.807, 2.05) is 13.0 Å². The molecule has 120 valence electrons. The zero-order chi connectivity index (χ0) is 16.3. The smallest absolute Gasteiger partial charge is 0.269 e. The van der Waals surface area contributed by atoms with Crippen molar-refractivity contribution in [2.75, 3.05) is 37.7 Å². The molecule has 7 nitrogen and oxygen atoms in total. The van der Waals surface area contributed by atoms with Crippen molar-refractivity contribution in [1.82, 2.24) is 9.03 Å². The van der Waals surface area contributed by atoms with E-state index >= 15 is 0 Å². The van der Waals surface area contributed by atoms with Crippen molar-refractivity contribution in [3.8, 4) is 0 Å². The molecule has 0 aliphatic carbocycles. The summed E-state index contributed by atoms with van der Waals surface area (Å²) >= 11 is 0. The van der Waals surface area contributed by atoms with Crippen LogP contribution in [0.5, 0.6) is 0 Å². The minimum Gasteiger partial charge on any atom is -0.269 e. The van der Waals surface area contributed by atoms with Crippen LogP contribution in [0.1, 0.15) is 5.56 Å². The van der Waals surface area contributed by atoms with Crippen LogP contribution in [0.15, 0.2) is 24.3 Å². The number of rotatable bonds is 7. The van der Waals surface area contributed by atoms with Crippen molar-refractivity contribution in [3.05, 3.63) is 29.8 Å². The average Bonchev–Trinajstić information content (AvgIpc) is 2.32. The second-order valence-corrected chi connectivity index (χ2v) is 8.73. The van der Waals surface area contributed by atoms with Gasteiger partial charge in [-0.25, -0.2) is 13.1 Å². The number of hydrogen-bond donors (Lipinski definition) is 1. The predicted octanol–water partition coefficient (Wildman–Crippen LogP) is 0.157. The molecule has 0 aliphatic heterocycles. The monoisotopic (exact) mass is 335 g/mol. The van der Waals surface area contributed by atoms with Crippen LogP contribution in [0.4, 0.5) is 5.69 Å². The SMILES string of the molecule is Cc1cccc(N(CCNS(=O)(=O)N(C)C)S(C)(=O)=O)c1. The zero-order valence-corrected chi connectivity index (χ0v) is 14.2. The van der Waals surface area contributed by atoms with Gasteiger partial charge in [0.1, 0.15) is 0 Å². The van der Waals surface area contributed by atoms with Crippen molar-refractivity contribution >= 4 is 25.9 Å². The van der Waals surface area contributed by atoms with Gasteiger partial charge in [-0.2, -0.15) is 12.7 Å². The lowest BCUT2D eigenvalue weighted by Crippen LogP contribution is -2.42. The van der Waals surface area contributed by atoms with Gasteiger partial charge in [-0.1, -0.05) is 12.1 Å². The Morgan fingerprint density at radius 3 is 2.24 bits per heavy atom. The van der Waals surface area contributed by atoms with Crippen molar-refractivity contribution in [1.29, 1.82) is 0 Å². The van der Waals surface area contributed by atoms with Gasteiger partial charge in [0, 0.05) is 27.2 Å². The fraction of sp³-hybridized carbons (Fsp3) is 0.500. The van der Waals surface area contributed by atoms with Crippen LogP contribution < -0.4 is 9.03 Å². The first-order valence-electron chi connectivity index (χ1n) is 6.25. The van der Waals surface area contributed by atoms with Gasteiger partial charge in [0.15, 0.2) is 0 Å². The summed E-state index contributed by atoms with van der Waals surface area (Å²) in [5.41, 5.74) is 1.44. The Hall–Kier alpha value is -1.16. The van der Waals surface area contributed by atoms with Crippen LogP contribution >= 0.6 is 0 Å². The molecule has 0 radical (unpaired) electrons. The molecule has 1 aromatic rings. The van der Waals surface area contributed by atoms with Crippen LogP contribution in [-0.2, 0) is 20.2 Å². The summed E-state index contributed by atoms with van der Waals surface area (Å²) in [5.74, 6) is 0. The Morgan fingerprint density at radius 2 is 1.76 bits per heavy atom. The van der Waals surface area contributed by atoms with Crippen LogP contribution in [0.3, 0.4) is 0 Å². The van der Waals surface area contributed by atoms with Gasteiger partial charge >= 0.3 is 0 Å². The van der Waals surface area contributed by atoms with Crippen molar-refractivity contribution < 1.29 is 16.8 Å². The van der Waals surface area contributed by atoms with E-state index in [1.54, 1.807) is 18.2 Å². The molecule has 0 aliphatic rings. The molecule has 0 saturated heterocycles. The van der Waals surface area contributed by atoms with Crippen molar-refractivity contribution in [3.63, 3.8) is 0 Å².